The number of carboxylic acids is 1. The standard InChI is InChI=1S/C10H18N4O2/c1-7(2)5-14-9(12-6-13-14)4-11-8(3)10(15)16/h6-8,11H,4-5H2,1-3H3,(H,15,16)/t8-/m0/s1. The van der Waals surface area contributed by atoms with Crippen LogP contribution in [-0.2, 0) is 17.9 Å². The van der Waals surface area contributed by atoms with Gasteiger partial charge in [0.15, 0.2) is 0 Å². The second kappa shape index (κ2) is 5.60. The Balaban J connectivity index is 2.53. The van der Waals surface area contributed by atoms with E-state index in [0.29, 0.717) is 12.5 Å². The average molecular weight is 226 g/mol. The molecule has 6 nitrogen and oxygen atoms in total. The molecule has 1 aromatic rings. The fraction of sp³-hybridized carbons (Fsp3) is 0.700. The van der Waals surface area contributed by atoms with Gasteiger partial charge in [-0.3, -0.25) is 10.1 Å². The van der Waals surface area contributed by atoms with E-state index in [9.17, 15) is 4.79 Å². The lowest BCUT2D eigenvalue weighted by molar-refractivity contribution is -0.139. The molecule has 6 heteroatoms. The number of nitrogens with zero attached hydrogens (tertiary/aromatic N) is 3. The highest BCUT2D eigenvalue weighted by Crippen LogP contribution is 2.01. The van der Waals surface area contributed by atoms with Crippen molar-refractivity contribution in [3.05, 3.63) is 12.2 Å². The molecule has 0 amide bonds. The minimum absolute atomic E-state index is 0.417. The number of rotatable bonds is 6. The van der Waals surface area contributed by atoms with Crippen LogP contribution in [0.25, 0.3) is 0 Å². The van der Waals surface area contributed by atoms with Crippen molar-refractivity contribution in [1.82, 2.24) is 20.1 Å². The van der Waals surface area contributed by atoms with Crippen molar-refractivity contribution in [1.29, 1.82) is 0 Å². The van der Waals surface area contributed by atoms with Crippen molar-refractivity contribution < 1.29 is 9.90 Å². The van der Waals surface area contributed by atoms with E-state index in [1.807, 2.05) is 0 Å². The first kappa shape index (κ1) is 12.6. The van der Waals surface area contributed by atoms with Crippen molar-refractivity contribution in [3.63, 3.8) is 0 Å². The molecular weight excluding hydrogens is 208 g/mol. The average Bonchev–Trinajstić information content (AvgIpc) is 2.60. The summed E-state index contributed by atoms with van der Waals surface area (Å²) in [7, 11) is 0. The topological polar surface area (TPSA) is 80.0 Å². The van der Waals surface area contributed by atoms with Gasteiger partial charge in [-0.1, -0.05) is 13.8 Å². The molecule has 0 bridgehead atoms. The molecule has 2 N–H and O–H groups in total. The highest BCUT2D eigenvalue weighted by molar-refractivity contribution is 5.72. The van der Waals surface area contributed by atoms with Gasteiger partial charge in [0, 0.05) is 6.54 Å². The predicted molar refractivity (Wildman–Crippen MR) is 58.8 cm³/mol. The predicted octanol–water partition coefficient (Wildman–Crippen LogP) is 0.497. The molecular formula is C10H18N4O2. The molecule has 16 heavy (non-hydrogen) atoms. The Hall–Kier alpha value is -1.43. The first-order valence-corrected chi connectivity index (χ1v) is 5.33. The van der Waals surface area contributed by atoms with Crippen LogP contribution in [0.2, 0.25) is 0 Å². The third kappa shape index (κ3) is 3.62. The van der Waals surface area contributed by atoms with Crippen LogP contribution in [0.3, 0.4) is 0 Å². The quantitative estimate of drug-likeness (QED) is 0.738. The lowest BCUT2D eigenvalue weighted by Crippen LogP contribution is -2.34. The summed E-state index contributed by atoms with van der Waals surface area (Å²) in [5.41, 5.74) is 0. The summed E-state index contributed by atoms with van der Waals surface area (Å²) >= 11 is 0. The summed E-state index contributed by atoms with van der Waals surface area (Å²) in [5.74, 6) is 0.383. The number of nitrogens with one attached hydrogen (secondary N) is 1. The van der Waals surface area contributed by atoms with Crippen LogP contribution in [-0.4, -0.2) is 31.9 Å². The maximum absolute atomic E-state index is 10.6. The number of hydrogen-bond acceptors (Lipinski definition) is 4. The molecule has 0 aliphatic heterocycles. The SMILES string of the molecule is CC(C)Cn1ncnc1CN[C@@H](C)C(=O)O. The minimum Gasteiger partial charge on any atom is -0.480 e. The lowest BCUT2D eigenvalue weighted by atomic mass is 10.2. The summed E-state index contributed by atoms with van der Waals surface area (Å²) in [6.45, 7) is 7.00. The van der Waals surface area contributed by atoms with Crippen molar-refractivity contribution in [2.45, 2.75) is 39.9 Å². The van der Waals surface area contributed by atoms with E-state index in [4.69, 9.17) is 5.11 Å². The van der Waals surface area contributed by atoms with Crippen molar-refractivity contribution in [2.24, 2.45) is 5.92 Å². The molecule has 0 aliphatic rings. The largest absolute Gasteiger partial charge is 0.480 e. The summed E-state index contributed by atoms with van der Waals surface area (Å²) < 4.78 is 1.80. The maximum atomic E-state index is 10.6. The van der Waals surface area contributed by atoms with E-state index in [1.165, 1.54) is 6.33 Å². The third-order valence-corrected chi connectivity index (χ3v) is 2.17. The van der Waals surface area contributed by atoms with Gasteiger partial charge in [-0.05, 0) is 12.8 Å². The smallest absolute Gasteiger partial charge is 0.320 e. The van der Waals surface area contributed by atoms with Crippen LogP contribution in [0.1, 0.15) is 26.6 Å². The molecule has 0 saturated carbocycles. The van der Waals surface area contributed by atoms with Crippen LogP contribution < -0.4 is 5.32 Å². The summed E-state index contributed by atoms with van der Waals surface area (Å²) in [6, 6.07) is -0.579. The molecule has 1 atom stereocenters. The van der Waals surface area contributed by atoms with Gasteiger partial charge in [0.1, 0.15) is 18.2 Å². The molecule has 1 rings (SSSR count). The first-order chi connectivity index (χ1) is 7.50. The van der Waals surface area contributed by atoms with E-state index < -0.39 is 12.0 Å². The van der Waals surface area contributed by atoms with Crippen LogP contribution in [0.4, 0.5) is 0 Å². The Morgan fingerprint density at radius 3 is 2.81 bits per heavy atom. The van der Waals surface area contributed by atoms with Crippen LogP contribution in [0.15, 0.2) is 6.33 Å². The highest BCUT2D eigenvalue weighted by Gasteiger charge is 2.12. The maximum Gasteiger partial charge on any atom is 0.320 e. The molecule has 0 spiro atoms. The molecule has 90 valence electrons. The van der Waals surface area contributed by atoms with Crippen LogP contribution in [0.5, 0.6) is 0 Å². The van der Waals surface area contributed by atoms with Gasteiger partial charge in [-0.25, -0.2) is 9.67 Å². The zero-order valence-corrected chi connectivity index (χ0v) is 9.84. The Morgan fingerprint density at radius 1 is 1.56 bits per heavy atom. The molecule has 0 aliphatic carbocycles. The van der Waals surface area contributed by atoms with Crippen molar-refractivity contribution >= 4 is 5.97 Å². The second-order valence-corrected chi connectivity index (χ2v) is 4.19. The molecule has 0 saturated heterocycles. The summed E-state index contributed by atoms with van der Waals surface area (Å²) in [6.07, 6.45) is 1.49. The number of aromatic nitrogens is 3. The van der Waals surface area contributed by atoms with Crippen LogP contribution >= 0.6 is 0 Å². The van der Waals surface area contributed by atoms with Gasteiger partial charge in [-0.2, -0.15) is 5.10 Å². The first-order valence-electron chi connectivity index (χ1n) is 5.33. The molecule has 0 aromatic carbocycles. The zero-order chi connectivity index (χ0) is 12.1. The molecule has 0 radical (unpaired) electrons. The number of hydrogen-bond donors (Lipinski definition) is 2. The highest BCUT2D eigenvalue weighted by atomic mass is 16.4. The molecule has 0 unspecified atom stereocenters. The van der Waals surface area contributed by atoms with Gasteiger partial charge in [0.05, 0.1) is 6.54 Å². The fourth-order valence-corrected chi connectivity index (χ4v) is 1.26. The monoisotopic (exact) mass is 226 g/mol. The number of carboxylic acid groups (broad SMARTS) is 1. The minimum atomic E-state index is -0.866. The van der Waals surface area contributed by atoms with E-state index >= 15 is 0 Å². The Labute approximate surface area is 94.7 Å². The zero-order valence-electron chi connectivity index (χ0n) is 9.84. The van der Waals surface area contributed by atoms with Gasteiger partial charge >= 0.3 is 5.97 Å². The van der Waals surface area contributed by atoms with Crippen molar-refractivity contribution in [3.8, 4) is 0 Å². The summed E-state index contributed by atoms with van der Waals surface area (Å²) in [4.78, 5) is 14.7. The van der Waals surface area contributed by atoms with Gasteiger partial charge in [-0.15, -0.1) is 0 Å². The van der Waals surface area contributed by atoms with E-state index in [-0.39, 0.29) is 0 Å². The number of aliphatic carboxylic acids is 1. The second-order valence-electron chi connectivity index (χ2n) is 4.19. The van der Waals surface area contributed by atoms with Crippen LogP contribution in [0, 0.1) is 5.92 Å². The van der Waals surface area contributed by atoms with Crippen molar-refractivity contribution in [2.75, 3.05) is 0 Å². The third-order valence-electron chi connectivity index (χ3n) is 2.17. The van der Waals surface area contributed by atoms with E-state index in [0.717, 1.165) is 12.4 Å². The Bertz CT molecular complexity index is 348. The molecule has 0 fully saturated rings. The van der Waals surface area contributed by atoms with Gasteiger partial charge in [0.25, 0.3) is 0 Å². The van der Waals surface area contributed by atoms with Gasteiger partial charge in [0.2, 0.25) is 0 Å². The molecule has 1 aromatic heterocycles. The van der Waals surface area contributed by atoms with E-state index in [2.05, 4.69) is 29.2 Å². The summed E-state index contributed by atoms with van der Waals surface area (Å²) in [5, 5.41) is 15.7. The number of carbonyl (C=O) groups is 1. The van der Waals surface area contributed by atoms with E-state index in [1.54, 1.807) is 11.6 Å². The van der Waals surface area contributed by atoms with Gasteiger partial charge < -0.3 is 5.11 Å². The Morgan fingerprint density at radius 2 is 2.25 bits per heavy atom. The normalized spacial score (nSPS) is 13.0. The Kier molecular flexibility index (Phi) is 4.42. The molecule has 1 heterocycles. The fourth-order valence-electron chi connectivity index (χ4n) is 1.26. The lowest BCUT2D eigenvalue weighted by Gasteiger charge is -2.11.